The lowest BCUT2D eigenvalue weighted by atomic mass is 9.89. The number of hydrogen-bond acceptors (Lipinski definition) is 2. The van der Waals surface area contributed by atoms with Gasteiger partial charge in [-0.3, -0.25) is 0 Å². The highest BCUT2D eigenvalue weighted by atomic mass is 16.4. The van der Waals surface area contributed by atoms with Gasteiger partial charge in [-0.1, -0.05) is 66.6 Å². The van der Waals surface area contributed by atoms with Gasteiger partial charge in [0.2, 0.25) is 0 Å². The molecule has 2 nitrogen and oxygen atoms in total. The molecular weight excluding hydrogens is 211 g/mol. The Morgan fingerprint density at radius 1 is 0.824 bits per heavy atom. The van der Waals surface area contributed by atoms with Crippen molar-refractivity contribution in [3.8, 4) is 11.1 Å². The fourth-order valence-electron chi connectivity index (χ4n) is 1.71. The molecule has 3 heteroatoms. The Hall–Kier alpha value is -1.84. The van der Waals surface area contributed by atoms with Crippen LogP contribution >= 0.6 is 0 Å². The summed E-state index contributed by atoms with van der Waals surface area (Å²) in [5.41, 5.74) is 3.15. The summed E-state index contributed by atoms with van der Waals surface area (Å²) < 4.78 is 0. The zero-order chi connectivity index (χ0) is 12.1. The molecule has 0 saturated heterocycles. The van der Waals surface area contributed by atoms with Gasteiger partial charge < -0.3 is 10.0 Å². The van der Waals surface area contributed by atoms with Crippen molar-refractivity contribution in [1.29, 1.82) is 0 Å². The normalized spacial score (nSPS) is 10.7. The number of benzene rings is 2. The highest BCUT2D eigenvalue weighted by molar-refractivity contribution is 6.48. The first-order valence-electron chi connectivity index (χ1n) is 5.46. The molecule has 0 saturated carbocycles. The minimum atomic E-state index is -1.42. The van der Waals surface area contributed by atoms with E-state index in [4.69, 9.17) is 10.0 Å². The van der Waals surface area contributed by atoms with Crippen molar-refractivity contribution in [2.24, 2.45) is 0 Å². The zero-order valence-corrected chi connectivity index (χ0v) is 9.32. The lowest BCUT2D eigenvalue weighted by Gasteiger charge is -2.05. The van der Waals surface area contributed by atoms with Gasteiger partial charge in [-0.15, -0.1) is 0 Å². The maximum atomic E-state index is 8.84. The van der Waals surface area contributed by atoms with Crippen molar-refractivity contribution < 1.29 is 10.0 Å². The molecule has 2 aromatic rings. The summed E-state index contributed by atoms with van der Waals surface area (Å²) in [7, 11) is -1.42. The molecule has 0 bridgehead atoms. The fraction of sp³-hybridized carbons (Fsp3) is 0. The summed E-state index contributed by atoms with van der Waals surface area (Å²) in [6.45, 7) is 0. The molecule has 0 atom stereocenters. The molecule has 2 aromatic carbocycles. The van der Waals surface area contributed by atoms with E-state index in [-0.39, 0.29) is 0 Å². The van der Waals surface area contributed by atoms with Crippen LogP contribution in [-0.4, -0.2) is 17.2 Å². The van der Waals surface area contributed by atoms with Crippen molar-refractivity contribution in [3.63, 3.8) is 0 Å². The maximum Gasteiger partial charge on any atom is 0.480 e. The third-order valence-electron chi connectivity index (χ3n) is 2.49. The van der Waals surface area contributed by atoms with Crippen LogP contribution in [0.4, 0.5) is 0 Å². The molecule has 0 spiro atoms. The van der Waals surface area contributed by atoms with E-state index in [1.165, 1.54) is 5.98 Å². The molecule has 84 valence electrons. The zero-order valence-electron chi connectivity index (χ0n) is 9.32. The monoisotopic (exact) mass is 224 g/mol. The standard InChI is InChI=1S/C14H13BO2/c16-15(17)11-10-13-8-4-5-9-14(13)12-6-2-1-3-7-12/h1-11,16-17H/b11-10+. The molecule has 0 aliphatic carbocycles. The van der Waals surface area contributed by atoms with Crippen molar-refractivity contribution in [3.05, 3.63) is 66.1 Å². The van der Waals surface area contributed by atoms with E-state index in [1.54, 1.807) is 6.08 Å². The van der Waals surface area contributed by atoms with E-state index >= 15 is 0 Å². The summed E-state index contributed by atoms with van der Waals surface area (Å²) >= 11 is 0. The Morgan fingerprint density at radius 2 is 1.47 bits per heavy atom. The molecular formula is C14H13BO2. The Balaban J connectivity index is 2.41. The predicted molar refractivity (Wildman–Crippen MR) is 71.1 cm³/mol. The Labute approximate surface area is 101 Å². The Morgan fingerprint density at radius 3 is 2.18 bits per heavy atom. The summed E-state index contributed by atoms with van der Waals surface area (Å²) in [6, 6.07) is 17.8. The van der Waals surface area contributed by atoms with E-state index in [9.17, 15) is 0 Å². The first kappa shape index (κ1) is 11.6. The van der Waals surface area contributed by atoms with Crippen molar-refractivity contribution in [2.75, 3.05) is 0 Å². The van der Waals surface area contributed by atoms with Crippen LogP contribution in [0.3, 0.4) is 0 Å². The van der Waals surface area contributed by atoms with Crippen LogP contribution in [0.2, 0.25) is 0 Å². The summed E-state index contributed by atoms with van der Waals surface area (Å²) in [5.74, 6) is 1.35. The van der Waals surface area contributed by atoms with E-state index in [1.807, 2.05) is 54.6 Å². The molecule has 0 heterocycles. The van der Waals surface area contributed by atoms with Gasteiger partial charge in [0.05, 0.1) is 0 Å². The molecule has 0 aliphatic heterocycles. The van der Waals surface area contributed by atoms with Gasteiger partial charge in [-0.05, 0) is 16.7 Å². The van der Waals surface area contributed by atoms with Crippen LogP contribution in [0.15, 0.2) is 60.6 Å². The van der Waals surface area contributed by atoms with Gasteiger partial charge >= 0.3 is 7.12 Å². The maximum absolute atomic E-state index is 8.84. The SMILES string of the molecule is OB(O)/C=C/c1ccccc1-c1ccccc1. The quantitative estimate of drug-likeness (QED) is 0.785. The van der Waals surface area contributed by atoms with Crippen LogP contribution in [0, 0.1) is 0 Å². The second-order valence-corrected chi connectivity index (χ2v) is 3.73. The number of hydrogen-bond donors (Lipinski definition) is 2. The number of rotatable bonds is 3. The third kappa shape index (κ3) is 3.06. The molecule has 0 aromatic heterocycles. The topological polar surface area (TPSA) is 40.5 Å². The fourth-order valence-corrected chi connectivity index (χ4v) is 1.71. The van der Waals surface area contributed by atoms with Crippen LogP contribution < -0.4 is 0 Å². The van der Waals surface area contributed by atoms with Gasteiger partial charge in [0.1, 0.15) is 0 Å². The Kier molecular flexibility index (Phi) is 3.75. The average molecular weight is 224 g/mol. The average Bonchev–Trinajstić information content (AvgIpc) is 2.38. The summed E-state index contributed by atoms with van der Waals surface area (Å²) in [5, 5.41) is 17.7. The molecule has 17 heavy (non-hydrogen) atoms. The molecule has 2 N–H and O–H groups in total. The van der Waals surface area contributed by atoms with Gasteiger partial charge in [-0.25, -0.2) is 0 Å². The lowest BCUT2D eigenvalue weighted by Crippen LogP contribution is -2.05. The van der Waals surface area contributed by atoms with Gasteiger partial charge in [0, 0.05) is 0 Å². The molecule has 0 unspecified atom stereocenters. The molecule has 0 amide bonds. The largest absolute Gasteiger partial charge is 0.480 e. The molecule has 0 aliphatic rings. The van der Waals surface area contributed by atoms with Crippen LogP contribution in [0.5, 0.6) is 0 Å². The predicted octanol–water partition coefficient (Wildman–Crippen LogP) is 2.38. The smallest absolute Gasteiger partial charge is 0.424 e. The molecule has 0 fully saturated rings. The highest BCUT2D eigenvalue weighted by Crippen LogP contribution is 2.24. The first-order valence-corrected chi connectivity index (χ1v) is 5.46. The van der Waals surface area contributed by atoms with Crippen LogP contribution in [-0.2, 0) is 0 Å². The minimum Gasteiger partial charge on any atom is -0.424 e. The second kappa shape index (κ2) is 5.48. The summed E-state index contributed by atoms with van der Waals surface area (Å²) in [4.78, 5) is 0. The summed E-state index contributed by atoms with van der Waals surface area (Å²) in [6.07, 6.45) is 1.72. The van der Waals surface area contributed by atoms with Gasteiger partial charge in [0.15, 0.2) is 0 Å². The van der Waals surface area contributed by atoms with E-state index < -0.39 is 7.12 Å². The van der Waals surface area contributed by atoms with Crippen LogP contribution in [0.25, 0.3) is 17.2 Å². The first-order chi connectivity index (χ1) is 8.27. The Bertz CT molecular complexity index is 507. The second-order valence-electron chi connectivity index (χ2n) is 3.73. The van der Waals surface area contributed by atoms with Crippen molar-refractivity contribution in [2.45, 2.75) is 0 Å². The van der Waals surface area contributed by atoms with Gasteiger partial charge in [-0.2, -0.15) is 0 Å². The molecule has 0 radical (unpaired) electrons. The van der Waals surface area contributed by atoms with Crippen molar-refractivity contribution in [1.82, 2.24) is 0 Å². The van der Waals surface area contributed by atoms with E-state index in [2.05, 4.69) is 0 Å². The minimum absolute atomic E-state index is 0.965. The van der Waals surface area contributed by atoms with Crippen LogP contribution in [0.1, 0.15) is 5.56 Å². The van der Waals surface area contributed by atoms with E-state index in [0.717, 1.165) is 16.7 Å². The third-order valence-corrected chi connectivity index (χ3v) is 2.49. The van der Waals surface area contributed by atoms with Gasteiger partial charge in [0.25, 0.3) is 0 Å². The van der Waals surface area contributed by atoms with Crippen molar-refractivity contribution >= 4 is 13.2 Å². The highest BCUT2D eigenvalue weighted by Gasteiger charge is 2.03. The molecule has 2 rings (SSSR count). The lowest BCUT2D eigenvalue weighted by molar-refractivity contribution is 0.424. The van der Waals surface area contributed by atoms with E-state index in [0.29, 0.717) is 0 Å².